The van der Waals surface area contributed by atoms with Crippen LogP contribution in [-0.4, -0.2) is 50.8 Å². The molecule has 0 radical (unpaired) electrons. The maximum absolute atomic E-state index is 12.1. The lowest BCUT2D eigenvalue weighted by Gasteiger charge is -2.41. The van der Waals surface area contributed by atoms with E-state index in [2.05, 4.69) is 0 Å². The summed E-state index contributed by atoms with van der Waals surface area (Å²) in [6.07, 6.45) is 0.723. The number of halogens is 1. The van der Waals surface area contributed by atoms with E-state index in [1.807, 2.05) is 20.8 Å². The SMILES string of the molecule is CCOCCS(=O)(=O)N1CCC(N)C(C)(C)C1.Cl. The molecule has 1 heterocycles. The first kappa shape index (κ1) is 18.1. The summed E-state index contributed by atoms with van der Waals surface area (Å²) in [5.41, 5.74) is 5.84. The monoisotopic (exact) mass is 300 g/mol. The third kappa shape index (κ3) is 4.66. The zero-order valence-corrected chi connectivity index (χ0v) is 13.0. The van der Waals surface area contributed by atoms with Gasteiger partial charge < -0.3 is 10.5 Å². The van der Waals surface area contributed by atoms with Crippen LogP contribution >= 0.6 is 12.4 Å². The summed E-state index contributed by atoms with van der Waals surface area (Å²) in [6, 6.07) is 0.0702. The van der Waals surface area contributed by atoms with Gasteiger partial charge in [0.15, 0.2) is 0 Å². The average Bonchev–Trinajstić information content (AvgIpc) is 2.22. The van der Waals surface area contributed by atoms with E-state index in [-0.39, 0.29) is 36.2 Å². The van der Waals surface area contributed by atoms with Gasteiger partial charge >= 0.3 is 0 Å². The van der Waals surface area contributed by atoms with Gasteiger partial charge in [0, 0.05) is 25.7 Å². The van der Waals surface area contributed by atoms with Crippen molar-refractivity contribution in [2.45, 2.75) is 33.2 Å². The highest BCUT2D eigenvalue weighted by molar-refractivity contribution is 7.89. The molecule has 0 spiro atoms. The Hall–Kier alpha value is 0.120. The van der Waals surface area contributed by atoms with Crippen molar-refractivity contribution in [3.63, 3.8) is 0 Å². The van der Waals surface area contributed by atoms with E-state index in [0.29, 0.717) is 19.7 Å². The van der Waals surface area contributed by atoms with E-state index in [4.69, 9.17) is 10.5 Å². The minimum Gasteiger partial charge on any atom is -0.381 e. The number of hydrogen-bond acceptors (Lipinski definition) is 4. The van der Waals surface area contributed by atoms with E-state index in [0.717, 1.165) is 6.42 Å². The predicted molar refractivity (Wildman–Crippen MR) is 75.5 cm³/mol. The van der Waals surface area contributed by atoms with Crippen LogP contribution < -0.4 is 5.73 Å². The smallest absolute Gasteiger partial charge is 0.216 e. The Bertz CT molecular complexity index is 346. The molecule has 5 nitrogen and oxygen atoms in total. The topological polar surface area (TPSA) is 72.6 Å². The summed E-state index contributed by atoms with van der Waals surface area (Å²) in [7, 11) is -3.20. The van der Waals surface area contributed by atoms with Gasteiger partial charge in [-0.2, -0.15) is 0 Å². The van der Waals surface area contributed by atoms with Crippen molar-refractivity contribution in [3.05, 3.63) is 0 Å². The molecule has 110 valence electrons. The minimum atomic E-state index is -3.20. The standard InChI is InChI=1S/C11H24N2O3S.ClH/c1-4-16-7-8-17(14,15)13-6-5-10(12)11(2,3)9-13;/h10H,4-9,12H2,1-3H3;1H. The molecule has 1 unspecified atom stereocenters. The number of nitrogens with two attached hydrogens (primary N) is 1. The summed E-state index contributed by atoms with van der Waals surface area (Å²) in [5.74, 6) is 0.0617. The van der Waals surface area contributed by atoms with Crippen LogP contribution in [0, 0.1) is 5.41 Å². The molecule has 1 aliphatic heterocycles. The van der Waals surface area contributed by atoms with Crippen LogP contribution in [0.1, 0.15) is 27.2 Å². The molecular formula is C11H25ClN2O3S. The highest BCUT2D eigenvalue weighted by atomic mass is 35.5. The van der Waals surface area contributed by atoms with E-state index < -0.39 is 10.0 Å². The normalized spacial score (nSPS) is 24.6. The summed E-state index contributed by atoms with van der Waals surface area (Å²) in [6.45, 7) is 7.73. The van der Waals surface area contributed by atoms with Gasteiger partial charge in [0.25, 0.3) is 0 Å². The first-order valence-corrected chi connectivity index (χ1v) is 7.71. The fraction of sp³-hybridized carbons (Fsp3) is 1.00. The Morgan fingerprint density at radius 2 is 2.06 bits per heavy atom. The van der Waals surface area contributed by atoms with E-state index >= 15 is 0 Å². The molecule has 2 N–H and O–H groups in total. The number of piperidine rings is 1. The summed E-state index contributed by atoms with van der Waals surface area (Å²) in [4.78, 5) is 0. The molecule has 0 bridgehead atoms. The highest BCUT2D eigenvalue weighted by Crippen LogP contribution is 2.29. The van der Waals surface area contributed by atoms with Crippen LogP contribution in [-0.2, 0) is 14.8 Å². The molecular weight excluding hydrogens is 276 g/mol. The summed E-state index contributed by atoms with van der Waals surface area (Å²) in [5, 5.41) is 0. The highest BCUT2D eigenvalue weighted by Gasteiger charge is 2.37. The van der Waals surface area contributed by atoms with E-state index in [1.54, 1.807) is 4.31 Å². The second kappa shape index (κ2) is 7.05. The minimum absolute atomic E-state index is 0. The molecule has 0 saturated carbocycles. The number of nitrogens with zero attached hydrogens (tertiary/aromatic N) is 1. The van der Waals surface area contributed by atoms with Gasteiger partial charge in [0.2, 0.25) is 10.0 Å². The van der Waals surface area contributed by atoms with Gasteiger partial charge in [-0.05, 0) is 18.8 Å². The Kier molecular flexibility index (Phi) is 7.10. The van der Waals surface area contributed by atoms with Crippen molar-refractivity contribution in [2.75, 3.05) is 32.1 Å². The van der Waals surface area contributed by atoms with Crippen molar-refractivity contribution < 1.29 is 13.2 Å². The summed E-state index contributed by atoms with van der Waals surface area (Å²) < 4.78 is 30.8. The lowest BCUT2D eigenvalue weighted by molar-refractivity contribution is 0.147. The summed E-state index contributed by atoms with van der Waals surface area (Å²) >= 11 is 0. The van der Waals surface area contributed by atoms with Crippen molar-refractivity contribution in [1.82, 2.24) is 4.31 Å². The Labute approximate surface area is 117 Å². The van der Waals surface area contributed by atoms with Gasteiger partial charge in [-0.25, -0.2) is 12.7 Å². The molecule has 7 heteroatoms. The van der Waals surface area contributed by atoms with Crippen LogP contribution in [0.15, 0.2) is 0 Å². The molecule has 0 aromatic heterocycles. The fourth-order valence-electron chi connectivity index (χ4n) is 2.00. The fourth-order valence-corrected chi connectivity index (χ4v) is 3.50. The number of sulfonamides is 1. The molecule has 1 rings (SSSR count). The molecule has 1 aliphatic rings. The van der Waals surface area contributed by atoms with Crippen LogP contribution in [0.25, 0.3) is 0 Å². The molecule has 0 amide bonds. The van der Waals surface area contributed by atoms with Gasteiger partial charge in [-0.3, -0.25) is 0 Å². The zero-order chi connectivity index (χ0) is 13.1. The Morgan fingerprint density at radius 1 is 1.44 bits per heavy atom. The first-order chi connectivity index (χ1) is 7.79. The second-order valence-electron chi connectivity index (χ2n) is 5.23. The Morgan fingerprint density at radius 3 is 2.56 bits per heavy atom. The zero-order valence-electron chi connectivity index (χ0n) is 11.4. The second-order valence-corrected chi connectivity index (χ2v) is 7.32. The van der Waals surface area contributed by atoms with Gasteiger partial charge in [-0.15, -0.1) is 12.4 Å². The van der Waals surface area contributed by atoms with Gasteiger partial charge in [-0.1, -0.05) is 13.8 Å². The molecule has 1 fully saturated rings. The number of rotatable bonds is 5. The first-order valence-electron chi connectivity index (χ1n) is 6.11. The number of hydrogen-bond donors (Lipinski definition) is 1. The van der Waals surface area contributed by atoms with Crippen molar-refractivity contribution in [1.29, 1.82) is 0 Å². The molecule has 0 aliphatic carbocycles. The van der Waals surface area contributed by atoms with Crippen molar-refractivity contribution in [3.8, 4) is 0 Å². The van der Waals surface area contributed by atoms with Gasteiger partial charge in [0.1, 0.15) is 0 Å². The maximum atomic E-state index is 12.1. The predicted octanol–water partition coefficient (Wildman–Crippen LogP) is 0.834. The molecule has 18 heavy (non-hydrogen) atoms. The third-order valence-electron chi connectivity index (χ3n) is 3.36. The molecule has 0 aromatic rings. The van der Waals surface area contributed by atoms with Crippen molar-refractivity contribution in [2.24, 2.45) is 11.1 Å². The maximum Gasteiger partial charge on any atom is 0.216 e. The molecule has 0 aromatic carbocycles. The molecule has 1 atom stereocenters. The average molecular weight is 301 g/mol. The number of ether oxygens (including phenoxy) is 1. The largest absolute Gasteiger partial charge is 0.381 e. The van der Waals surface area contributed by atoms with Crippen molar-refractivity contribution >= 4 is 22.4 Å². The van der Waals surface area contributed by atoms with Crippen LogP contribution in [0.3, 0.4) is 0 Å². The quantitative estimate of drug-likeness (QED) is 0.764. The van der Waals surface area contributed by atoms with Crippen LogP contribution in [0.2, 0.25) is 0 Å². The third-order valence-corrected chi connectivity index (χ3v) is 5.14. The van der Waals surface area contributed by atoms with Crippen LogP contribution in [0.5, 0.6) is 0 Å². The van der Waals surface area contributed by atoms with Crippen LogP contribution in [0.4, 0.5) is 0 Å². The molecule has 1 saturated heterocycles. The Balaban J connectivity index is 0.00000289. The lowest BCUT2D eigenvalue weighted by atomic mass is 9.81. The lowest BCUT2D eigenvalue weighted by Crippen LogP contribution is -2.54. The van der Waals surface area contributed by atoms with E-state index in [1.165, 1.54) is 0 Å². The van der Waals surface area contributed by atoms with E-state index in [9.17, 15) is 8.42 Å². The van der Waals surface area contributed by atoms with Gasteiger partial charge in [0.05, 0.1) is 12.4 Å².